The predicted molar refractivity (Wildman–Crippen MR) is 121 cm³/mol. The highest BCUT2D eigenvalue weighted by Gasteiger charge is 2.31. The molecule has 0 saturated carbocycles. The number of anilines is 1. The van der Waals surface area contributed by atoms with E-state index in [0.717, 1.165) is 28.9 Å². The first kappa shape index (κ1) is 22.6. The van der Waals surface area contributed by atoms with Crippen LogP contribution in [0.2, 0.25) is 0 Å². The molecule has 0 aromatic heterocycles. The third kappa shape index (κ3) is 5.81. The van der Waals surface area contributed by atoms with Gasteiger partial charge in [-0.3, -0.25) is 0 Å². The van der Waals surface area contributed by atoms with Crippen LogP contribution in [0.15, 0.2) is 72.8 Å². The SMILES string of the molecule is O=C(NC1Cc2cc(Oc3cccc(C(F)(F)F)c3)ccc2NC1=S)OCc1ccccc1. The highest BCUT2D eigenvalue weighted by Crippen LogP contribution is 2.34. The number of rotatable bonds is 5. The Hall–Kier alpha value is -3.59. The van der Waals surface area contributed by atoms with Crippen LogP contribution in [0.5, 0.6) is 11.5 Å². The molecule has 0 radical (unpaired) electrons. The number of alkyl carbamates (subject to hydrolysis) is 1. The predicted octanol–water partition coefficient (Wildman–Crippen LogP) is 6.09. The van der Waals surface area contributed by atoms with Crippen LogP contribution in [0.4, 0.5) is 23.7 Å². The van der Waals surface area contributed by atoms with Crippen LogP contribution in [0.1, 0.15) is 16.7 Å². The van der Waals surface area contributed by atoms with E-state index >= 15 is 0 Å². The van der Waals surface area contributed by atoms with E-state index in [0.29, 0.717) is 17.2 Å². The summed E-state index contributed by atoms with van der Waals surface area (Å²) in [6.07, 6.45) is -4.68. The Kier molecular flexibility index (Phi) is 6.50. The third-order valence-electron chi connectivity index (χ3n) is 4.98. The molecule has 0 saturated heterocycles. The summed E-state index contributed by atoms with van der Waals surface area (Å²) in [5.74, 6) is 0.441. The van der Waals surface area contributed by atoms with Crippen LogP contribution in [0.3, 0.4) is 0 Å². The van der Waals surface area contributed by atoms with Gasteiger partial charge in [0.05, 0.1) is 11.6 Å². The van der Waals surface area contributed by atoms with Gasteiger partial charge in [-0.15, -0.1) is 0 Å². The number of hydrogen-bond donors (Lipinski definition) is 2. The summed E-state index contributed by atoms with van der Waals surface area (Å²) in [6.45, 7) is 0.130. The fraction of sp³-hybridized carbons (Fsp3) is 0.167. The first-order chi connectivity index (χ1) is 15.8. The Morgan fingerprint density at radius 1 is 1.03 bits per heavy atom. The summed E-state index contributed by atoms with van der Waals surface area (Å²) in [6, 6.07) is 18.5. The summed E-state index contributed by atoms with van der Waals surface area (Å²) in [5.41, 5.74) is 1.61. The number of benzene rings is 3. The number of fused-ring (bicyclic) bond motifs is 1. The Morgan fingerprint density at radius 3 is 2.55 bits per heavy atom. The topological polar surface area (TPSA) is 59.6 Å². The van der Waals surface area contributed by atoms with Crippen molar-refractivity contribution in [2.45, 2.75) is 25.2 Å². The van der Waals surface area contributed by atoms with Crippen molar-refractivity contribution in [3.63, 3.8) is 0 Å². The zero-order valence-corrected chi connectivity index (χ0v) is 18.0. The van der Waals surface area contributed by atoms with Crippen molar-refractivity contribution in [3.05, 3.63) is 89.5 Å². The van der Waals surface area contributed by atoms with Gasteiger partial charge in [0.1, 0.15) is 23.1 Å². The van der Waals surface area contributed by atoms with Crippen LogP contribution >= 0.6 is 12.2 Å². The van der Waals surface area contributed by atoms with Gasteiger partial charge in [0.2, 0.25) is 0 Å². The molecule has 170 valence electrons. The molecule has 4 rings (SSSR count). The van der Waals surface area contributed by atoms with Gasteiger partial charge in [-0.1, -0.05) is 48.6 Å². The molecule has 0 spiro atoms. The molecule has 5 nitrogen and oxygen atoms in total. The van der Waals surface area contributed by atoms with Crippen LogP contribution in [-0.4, -0.2) is 17.1 Å². The summed E-state index contributed by atoms with van der Waals surface area (Å²) < 4.78 is 49.7. The molecule has 1 aliphatic heterocycles. The quantitative estimate of drug-likeness (QED) is 0.440. The maximum Gasteiger partial charge on any atom is 0.416 e. The van der Waals surface area contributed by atoms with Gasteiger partial charge in [-0.05, 0) is 47.5 Å². The van der Waals surface area contributed by atoms with Gasteiger partial charge in [0, 0.05) is 12.1 Å². The van der Waals surface area contributed by atoms with Crippen molar-refractivity contribution in [2.75, 3.05) is 5.32 Å². The van der Waals surface area contributed by atoms with Crippen LogP contribution in [0, 0.1) is 0 Å². The average molecular weight is 472 g/mol. The fourth-order valence-electron chi connectivity index (χ4n) is 3.35. The molecule has 2 N–H and O–H groups in total. The van der Waals surface area contributed by atoms with Gasteiger partial charge in [-0.2, -0.15) is 13.2 Å². The Balaban J connectivity index is 1.41. The van der Waals surface area contributed by atoms with Crippen molar-refractivity contribution >= 4 is 29.0 Å². The first-order valence-electron chi connectivity index (χ1n) is 10.0. The smallest absolute Gasteiger partial charge is 0.416 e. The molecule has 1 aliphatic rings. The van der Waals surface area contributed by atoms with E-state index in [1.54, 1.807) is 18.2 Å². The molecule has 3 aromatic carbocycles. The molecule has 1 atom stereocenters. The molecular weight excluding hydrogens is 453 g/mol. The van der Waals surface area contributed by atoms with E-state index in [-0.39, 0.29) is 12.4 Å². The number of carbonyl (C=O) groups excluding carboxylic acids is 1. The fourth-order valence-corrected chi connectivity index (χ4v) is 3.60. The summed E-state index contributed by atoms with van der Waals surface area (Å²) >= 11 is 5.37. The molecule has 3 aromatic rings. The van der Waals surface area contributed by atoms with Crippen LogP contribution in [-0.2, 0) is 23.9 Å². The van der Waals surface area contributed by atoms with Crippen LogP contribution in [0.25, 0.3) is 0 Å². The second-order valence-electron chi connectivity index (χ2n) is 7.40. The molecule has 0 fully saturated rings. The minimum absolute atomic E-state index is 0.0724. The number of hydrogen-bond acceptors (Lipinski definition) is 4. The van der Waals surface area contributed by atoms with E-state index < -0.39 is 23.9 Å². The molecule has 0 bridgehead atoms. The number of halogens is 3. The zero-order chi connectivity index (χ0) is 23.4. The molecule has 1 unspecified atom stereocenters. The highest BCUT2D eigenvalue weighted by atomic mass is 32.1. The van der Waals surface area contributed by atoms with E-state index in [4.69, 9.17) is 21.7 Å². The van der Waals surface area contributed by atoms with Gasteiger partial charge in [-0.25, -0.2) is 4.79 Å². The van der Waals surface area contributed by atoms with Crippen molar-refractivity contribution in [1.82, 2.24) is 5.32 Å². The number of carbonyl (C=O) groups is 1. The Labute approximate surface area is 193 Å². The van der Waals surface area contributed by atoms with Crippen molar-refractivity contribution in [3.8, 4) is 11.5 Å². The van der Waals surface area contributed by atoms with Crippen molar-refractivity contribution in [1.29, 1.82) is 0 Å². The number of nitrogens with one attached hydrogen (secondary N) is 2. The standard InChI is InChI=1S/C24H19F3N2O3S/c25-24(26,27)17-7-4-8-18(13-17)32-19-9-10-20-16(11-19)12-21(22(33)28-20)29-23(30)31-14-15-5-2-1-3-6-15/h1-11,13,21H,12,14H2,(H,28,33)(H,29,30). The van der Waals surface area contributed by atoms with Crippen molar-refractivity contribution in [2.24, 2.45) is 0 Å². The lowest BCUT2D eigenvalue weighted by molar-refractivity contribution is -0.137. The van der Waals surface area contributed by atoms with Crippen molar-refractivity contribution < 1.29 is 27.4 Å². The third-order valence-corrected chi connectivity index (χ3v) is 5.36. The Bertz CT molecular complexity index is 1170. The number of alkyl halides is 3. The lowest BCUT2D eigenvalue weighted by atomic mass is 9.99. The first-order valence-corrected chi connectivity index (χ1v) is 10.4. The van der Waals surface area contributed by atoms with Gasteiger partial charge in [0.25, 0.3) is 0 Å². The average Bonchev–Trinajstić information content (AvgIpc) is 2.79. The number of amides is 1. The molecule has 1 heterocycles. The minimum Gasteiger partial charge on any atom is -0.457 e. The summed E-state index contributed by atoms with van der Waals surface area (Å²) in [5, 5.41) is 5.81. The largest absolute Gasteiger partial charge is 0.457 e. The minimum atomic E-state index is -4.46. The summed E-state index contributed by atoms with van der Waals surface area (Å²) in [4.78, 5) is 12.7. The van der Waals surface area contributed by atoms with Gasteiger partial charge < -0.3 is 20.1 Å². The van der Waals surface area contributed by atoms with E-state index in [9.17, 15) is 18.0 Å². The monoisotopic (exact) mass is 472 g/mol. The normalized spacial score (nSPS) is 15.2. The highest BCUT2D eigenvalue weighted by molar-refractivity contribution is 7.80. The van der Waals surface area contributed by atoms with Gasteiger partial charge >= 0.3 is 12.3 Å². The second-order valence-corrected chi connectivity index (χ2v) is 7.84. The summed E-state index contributed by atoms with van der Waals surface area (Å²) in [7, 11) is 0. The van der Waals surface area contributed by atoms with E-state index in [1.807, 2.05) is 30.3 Å². The van der Waals surface area contributed by atoms with Crippen LogP contribution < -0.4 is 15.4 Å². The molecule has 9 heteroatoms. The molecule has 1 amide bonds. The maximum absolute atomic E-state index is 12.9. The number of thiocarbonyl (C=S) groups is 1. The van der Waals surface area contributed by atoms with E-state index in [2.05, 4.69) is 10.6 Å². The lowest BCUT2D eigenvalue weighted by Crippen LogP contribution is -2.46. The Morgan fingerprint density at radius 2 is 1.79 bits per heavy atom. The number of ether oxygens (including phenoxy) is 2. The molecule has 0 aliphatic carbocycles. The second kappa shape index (κ2) is 9.50. The molecular formula is C24H19F3N2O3S. The van der Waals surface area contributed by atoms with E-state index in [1.165, 1.54) is 12.1 Å². The molecule has 33 heavy (non-hydrogen) atoms. The maximum atomic E-state index is 12.9. The lowest BCUT2D eigenvalue weighted by Gasteiger charge is -2.27. The zero-order valence-electron chi connectivity index (χ0n) is 17.2. The van der Waals surface area contributed by atoms with Gasteiger partial charge in [0.15, 0.2) is 0 Å².